The molecule has 374 valence electrons. The van der Waals surface area contributed by atoms with Gasteiger partial charge in [-0.25, -0.2) is 9.98 Å². The molecule has 0 radical (unpaired) electrons. The van der Waals surface area contributed by atoms with Gasteiger partial charge >= 0.3 is 176 Å². The van der Waals surface area contributed by atoms with Crippen molar-refractivity contribution in [2.75, 3.05) is 0 Å². The number of hydrogen-bond donors (Lipinski definition) is 0. The van der Waals surface area contributed by atoms with E-state index in [4.69, 9.17) is 20.0 Å². The van der Waals surface area contributed by atoms with Crippen LogP contribution in [0.4, 0.5) is 0 Å². The number of nitrogens with zero attached hydrogens (tertiary/aromatic N) is 4. The summed E-state index contributed by atoms with van der Waals surface area (Å²) < 4.78 is 0.669. The summed E-state index contributed by atoms with van der Waals surface area (Å²) in [7, 11) is 0. The molecule has 4 unspecified atom stereocenters. The predicted octanol–water partition coefficient (Wildman–Crippen LogP) is 16.4. The number of benzene rings is 5. The summed E-state index contributed by atoms with van der Waals surface area (Å²) in [4.78, 5) is 46.9. The number of carbonyl (C=O) groups excluding carboxylic acids is 1. The van der Waals surface area contributed by atoms with Gasteiger partial charge < -0.3 is 0 Å². The first-order valence-electron chi connectivity index (χ1n) is 27.6. The van der Waals surface area contributed by atoms with Crippen LogP contribution in [0.5, 0.6) is 0 Å². The molecule has 0 aliphatic carbocycles. The van der Waals surface area contributed by atoms with Crippen LogP contribution in [-0.2, 0) is 15.6 Å². The molecule has 10 saturated heterocycles. The normalized spacial score (nSPS) is 39.3. The van der Waals surface area contributed by atoms with E-state index in [0.717, 1.165) is 101 Å². The number of aliphatic imine (C=N–C) groups is 4. The number of hydrogen-bond acceptors (Lipinski definition) is 6. The molecule has 4 atom stereocenters. The fraction of sp³-hybridized carbons (Fsp3) is 0.243. The molecular formula is C70H54FeN4OS. The van der Waals surface area contributed by atoms with Crippen LogP contribution in [0.15, 0.2) is 193 Å². The molecular weight excluding hydrogens is 1000 g/mol. The van der Waals surface area contributed by atoms with E-state index < -0.39 is 6.51 Å². The Morgan fingerprint density at radius 3 is 1.29 bits per heavy atom. The van der Waals surface area contributed by atoms with Gasteiger partial charge in [-0.1, -0.05) is 59.3 Å². The van der Waals surface area contributed by atoms with Crippen molar-refractivity contribution >= 4 is 62.0 Å². The van der Waals surface area contributed by atoms with Crippen molar-refractivity contribution in [2.24, 2.45) is 20.0 Å². The fourth-order valence-electron chi connectivity index (χ4n) is 26.9. The van der Waals surface area contributed by atoms with Crippen molar-refractivity contribution in [1.29, 1.82) is 0 Å². The van der Waals surface area contributed by atoms with E-state index in [1.807, 2.05) is 12.1 Å². The number of allylic oxidation sites excluding steroid dienone is 12. The van der Waals surface area contributed by atoms with E-state index in [1.54, 1.807) is 12.5 Å². The quantitative estimate of drug-likeness (QED) is 0.0966. The Kier molecular flexibility index (Phi) is 5.15. The van der Waals surface area contributed by atoms with Gasteiger partial charge in [0.05, 0.1) is 34.2 Å². The summed E-state index contributed by atoms with van der Waals surface area (Å²) in [6.45, 7) is 11.3. The van der Waals surface area contributed by atoms with Crippen molar-refractivity contribution in [3.63, 3.8) is 0 Å². The third-order valence-corrected chi connectivity index (χ3v) is 70.5. The first-order valence-corrected chi connectivity index (χ1v) is 34.7. The number of carbonyl (C=O) groups is 1. The molecule has 0 aromatic heterocycles. The molecule has 10 fully saturated rings. The number of thioether (sulfide) groups is 1. The second-order valence-corrected chi connectivity index (χ2v) is 51.9. The molecule has 77 heavy (non-hydrogen) atoms. The van der Waals surface area contributed by atoms with Crippen LogP contribution in [0.3, 0.4) is 0 Å². The maximum absolute atomic E-state index is 12.2. The zero-order valence-electron chi connectivity index (χ0n) is 44.0. The molecule has 5 nitrogen and oxygen atoms in total. The monoisotopic (exact) mass is 1050 g/mol. The smallest absolute Gasteiger partial charge is 0.248 e. The summed E-state index contributed by atoms with van der Waals surface area (Å²) in [5.41, 5.74) is 25.9. The Morgan fingerprint density at radius 1 is 0.481 bits per heavy atom. The standard InChI is InChI=1S/C65H49N4OS.C5H5.Fe/c1-38-34-40(3)60(41(4)35-38)64-56-30-26-52(66-56)62(48-20-17-45(18-21-48)16-19-47-14-10-11-15-51(47)46-12-8-9-13-46)53-27-31-57(67-53)65(61-42(5)36-39(2)37-43(61)6)59-33-29-55(69-59)63(54-28-32-58(64)68-54)49-22-24-50(25-23-49)71-44(7)70;1-2-4-5-3-1;/h8-15,17-18,20-37H,1-7H3;1-5H;. The minimum Gasteiger partial charge on any atom is -0.248 e. The third-order valence-electron chi connectivity index (χ3n) is 27.4. The Morgan fingerprint density at radius 2 is 0.883 bits per heavy atom. The summed E-state index contributed by atoms with van der Waals surface area (Å²) in [5.74, 6) is 7.54. The van der Waals surface area contributed by atoms with Crippen molar-refractivity contribution in [1.82, 2.24) is 0 Å². The van der Waals surface area contributed by atoms with Gasteiger partial charge in [0.2, 0.25) is 0 Å². The first kappa shape index (κ1) is 41.9. The van der Waals surface area contributed by atoms with Gasteiger partial charge in [-0.2, -0.15) is 0 Å². The summed E-state index contributed by atoms with van der Waals surface area (Å²) in [6.07, 6.45) is 17.2. The molecule has 15 aliphatic heterocycles. The summed E-state index contributed by atoms with van der Waals surface area (Å²) >= 11 is 1.24. The topological polar surface area (TPSA) is 66.5 Å². The van der Waals surface area contributed by atoms with Crippen molar-refractivity contribution < 1.29 is 11.3 Å². The SMILES string of the molecule is CC(=O)Sc1ccc(C2=C3C=CC(=N3)C(c3c(C)cc(C)cc3C)=C3C=CC(=N3)C(c3ccc(C#Cc4ccccc4[C]45[CH]6[CH]7[CH]8[CH]4[Fe]786549%10%11[CH]5[CH]4[CH]9[CH]%10[CH]5%11)cc3)=C3C=CC(=N3)C(c3c(C)cc(C)cc3C)=C3C=CC2=N3)cc1. The van der Waals surface area contributed by atoms with Gasteiger partial charge in [0.1, 0.15) is 0 Å². The summed E-state index contributed by atoms with van der Waals surface area (Å²) in [5, 5.41) is 0.0496. The minimum absolute atomic E-state index is 0.0496. The van der Waals surface area contributed by atoms with E-state index in [9.17, 15) is 4.79 Å². The Hall–Kier alpha value is -7.20. The number of fused-ring (bicyclic) bond motifs is 14. The van der Waals surface area contributed by atoms with Gasteiger partial charge in [0.15, 0.2) is 5.12 Å². The zero-order chi connectivity index (χ0) is 51.5. The van der Waals surface area contributed by atoms with E-state index in [-0.39, 0.29) is 5.12 Å². The van der Waals surface area contributed by atoms with Gasteiger partial charge in [-0.05, 0) is 129 Å². The molecule has 1 spiro atoms. The maximum atomic E-state index is 12.2. The van der Waals surface area contributed by atoms with Gasteiger partial charge in [-0.15, -0.1) is 0 Å². The van der Waals surface area contributed by atoms with E-state index in [0.29, 0.717) is 4.31 Å². The zero-order valence-corrected chi connectivity index (χ0v) is 45.9. The van der Waals surface area contributed by atoms with Crippen LogP contribution in [0.1, 0.15) is 79.2 Å². The van der Waals surface area contributed by atoms with Crippen LogP contribution >= 0.6 is 11.8 Å². The number of aryl methyl sites for hydroxylation is 6. The van der Waals surface area contributed by atoms with E-state index >= 15 is 0 Å². The van der Waals surface area contributed by atoms with Crippen LogP contribution in [0, 0.1) is 53.4 Å². The average molecular weight is 1060 g/mol. The molecule has 15 heterocycles. The molecule has 0 N–H and O–H groups in total. The second-order valence-electron chi connectivity index (χ2n) is 27.1. The molecule has 5 aromatic carbocycles. The van der Waals surface area contributed by atoms with Crippen LogP contribution < -0.4 is 0 Å². The fourth-order valence-corrected chi connectivity index (χ4v) is 102. The predicted molar refractivity (Wildman–Crippen MR) is 313 cm³/mol. The molecule has 0 saturated carbocycles. The number of rotatable bonds is 6. The minimum atomic E-state index is -3.39. The Bertz CT molecular complexity index is 4640. The van der Waals surface area contributed by atoms with Gasteiger partial charge in [0, 0.05) is 28.5 Å². The van der Waals surface area contributed by atoms with Crippen LogP contribution in [0.2, 0.25) is 43.3 Å². The van der Waals surface area contributed by atoms with Crippen molar-refractivity contribution in [3.05, 3.63) is 241 Å². The Balaban J connectivity index is 0.759. The molecule has 7 heteroatoms. The van der Waals surface area contributed by atoms with Crippen molar-refractivity contribution in [2.45, 2.75) is 101 Å². The molecule has 15 aliphatic rings. The van der Waals surface area contributed by atoms with E-state index in [2.05, 4.69) is 187 Å². The Labute approximate surface area is 444 Å². The molecule has 5 aromatic rings. The average Bonchev–Trinajstić information content (AvgIpc) is 1.03. The van der Waals surface area contributed by atoms with Crippen molar-refractivity contribution in [3.8, 4) is 11.8 Å². The second kappa shape index (κ2) is 9.46. The molecule has 8 bridgehead atoms. The third kappa shape index (κ3) is 2.27. The first-order chi connectivity index (χ1) is 37.1. The van der Waals surface area contributed by atoms with Gasteiger partial charge in [-0.3, -0.25) is 4.79 Å². The molecule has 20 rings (SSSR count). The van der Waals surface area contributed by atoms with E-state index in [1.165, 1.54) is 94.1 Å². The van der Waals surface area contributed by atoms with Crippen LogP contribution in [-0.4, -0.2) is 28.0 Å². The molecule has 0 amide bonds. The van der Waals surface area contributed by atoms with Gasteiger partial charge in [0.25, 0.3) is 0 Å². The van der Waals surface area contributed by atoms with Crippen LogP contribution in [0.25, 0.3) is 22.3 Å². The summed E-state index contributed by atoms with van der Waals surface area (Å²) in [6, 6.07) is 35.6.